The number of nitrogens with zero attached hydrogens (tertiary/aromatic N) is 1. The van der Waals surface area contributed by atoms with E-state index in [1.807, 2.05) is 42.5 Å². The smallest absolute Gasteiger partial charge is 0.322 e. The van der Waals surface area contributed by atoms with Gasteiger partial charge in [-0.25, -0.2) is 4.79 Å². The number of aliphatic hydroxyl groups excluding tert-OH is 1. The summed E-state index contributed by atoms with van der Waals surface area (Å²) < 4.78 is 0. The van der Waals surface area contributed by atoms with Gasteiger partial charge in [-0.3, -0.25) is 0 Å². The van der Waals surface area contributed by atoms with Crippen molar-refractivity contribution in [3.63, 3.8) is 0 Å². The Morgan fingerprint density at radius 1 is 1.17 bits per heavy atom. The van der Waals surface area contributed by atoms with Gasteiger partial charge in [-0.1, -0.05) is 54.1 Å². The van der Waals surface area contributed by atoms with Gasteiger partial charge in [0.05, 0.1) is 23.4 Å². The molecule has 0 aromatic heterocycles. The number of urea groups is 1. The Bertz CT molecular complexity index is 689. The van der Waals surface area contributed by atoms with Crippen LogP contribution in [-0.2, 0) is 6.54 Å². The fraction of sp³-hybridized carbons (Fsp3) is 0.316. The number of nitrogens with one attached hydrogen (secondary N) is 1. The van der Waals surface area contributed by atoms with Gasteiger partial charge in [-0.05, 0) is 36.5 Å². The quantitative estimate of drug-likeness (QED) is 0.827. The van der Waals surface area contributed by atoms with Crippen LogP contribution in [-0.4, -0.2) is 28.7 Å². The van der Waals surface area contributed by atoms with E-state index in [0.29, 0.717) is 23.2 Å². The van der Waals surface area contributed by atoms with Crippen LogP contribution in [0.1, 0.15) is 18.4 Å². The maximum Gasteiger partial charge on any atom is 0.322 e. The van der Waals surface area contributed by atoms with Gasteiger partial charge in [-0.15, -0.1) is 0 Å². The van der Waals surface area contributed by atoms with Gasteiger partial charge in [0.2, 0.25) is 0 Å². The Morgan fingerprint density at radius 2 is 1.83 bits per heavy atom. The van der Waals surface area contributed by atoms with Crippen molar-refractivity contribution in [1.82, 2.24) is 4.90 Å². The van der Waals surface area contributed by atoms with Crippen LogP contribution in [0, 0.1) is 5.92 Å². The monoisotopic (exact) mass is 344 g/mol. The molecule has 5 heteroatoms. The summed E-state index contributed by atoms with van der Waals surface area (Å²) in [6.07, 6.45) is 2.10. The number of carbonyl (C=O) groups excluding carboxylic acids is 1. The molecule has 0 aliphatic heterocycles. The summed E-state index contributed by atoms with van der Waals surface area (Å²) in [5.41, 5.74) is 1.61. The number of hydrogen-bond donors (Lipinski definition) is 2. The number of carbonyl (C=O) groups is 1. The van der Waals surface area contributed by atoms with E-state index in [-0.39, 0.29) is 18.7 Å². The third-order valence-electron chi connectivity index (χ3n) is 4.33. The van der Waals surface area contributed by atoms with Gasteiger partial charge in [0, 0.05) is 6.54 Å². The number of rotatable bonds is 6. The molecule has 0 saturated heterocycles. The Hall–Kier alpha value is -2.04. The normalized spacial score (nSPS) is 14.9. The van der Waals surface area contributed by atoms with E-state index >= 15 is 0 Å². The Balaban J connectivity index is 1.80. The van der Waals surface area contributed by atoms with Gasteiger partial charge in [0.25, 0.3) is 0 Å². The van der Waals surface area contributed by atoms with Crippen LogP contribution in [0.15, 0.2) is 54.6 Å². The number of para-hydroxylation sites is 1. The summed E-state index contributed by atoms with van der Waals surface area (Å²) in [4.78, 5) is 14.6. The summed E-state index contributed by atoms with van der Waals surface area (Å²) >= 11 is 6.14. The van der Waals surface area contributed by atoms with Gasteiger partial charge < -0.3 is 15.3 Å². The lowest BCUT2D eigenvalue weighted by atomic mass is 10.1. The second kappa shape index (κ2) is 7.69. The summed E-state index contributed by atoms with van der Waals surface area (Å²) in [5.74, 6) is 0.371. The van der Waals surface area contributed by atoms with Crippen molar-refractivity contribution in [2.75, 3.05) is 11.9 Å². The highest BCUT2D eigenvalue weighted by atomic mass is 35.5. The lowest BCUT2D eigenvalue weighted by molar-refractivity contribution is 0.124. The molecule has 1 unspecified atom stereocenters. The Labute approximate surface area is 147 Å². The van der Waals surface area contributed by atoms with E-state index < -0.39 is 0 Å². The molecule has 3 rings (SSSR count). The Morgan fingerprint density at radius 3 is 2.46 bits per heavy atom. The first kappa shape index (κ1) is 16.8. The lowest BCUT2D eigenvalue weighted by Crippen LogP contribution is -2.45. The minimum absolute atomic E-state index is 0.0343. The summed E-state index contributed by atoms with van der Waals surface area (Å²) in [6, 6.07) is 16.6. The number of anilines is 1. The van der Waals surface area contributed by atoms with Crippen molar-refractivity contribution < 1.29 is 9.90 Å². The summed E-state index contributed by atoms with van der Waals surface area (Å²) in [6.45, 7) is 0.423. The third-order valence-corrected chi connectivity index (χ3v) is 4.66. The van der Waals surface area contributed by atoms with Crippen molar-refractivity contribution in [3.8, 4) is 0 Å². The molecule has 1 aliphatic rings. The van der Waals surface area contributed by atoms with Crippen molar-refractivity contribution in [1.29, 1.82) is 0 Å². The van der Waals surface area contributed by atoms with E-state index in [1.54, 1.807) is 17.0 Å². The highest BCUT2D eigenvalue weighted by Crippen LogP contribution is 2.36. The third kappa shape index (κ3) is 4.08. The van der Waals surface area contributed by atoms with E-state index in [9.17, 15) is 9.90 Å². The fourth-order valence-corrected chi connectivity index (χ4v) is 3.04. The molecular formula is C19H21ClN2O2. The molecule has 1 fully saturated rings. The first-order chi connectivity index (χ1) is 11.7. The number of benzene rings is 2. The average Bonchev–Trinajstić information content (AvgIpc) is 3.42. The van der Waals surface area contributed by atoms with Crippen LogP contribution < -0.4 is 5.32 Å². The lowest BCUT2D eigenvalue weighted by Gasteiger charge is -2.31. The van der Waals surface area contributed by atoms with Gasteiger partial charge in [0.1, 0.15) is 0 Å². The number of hydrogen-bond acceptors (Lipinski definition) is 2. The standard InChI is InChI=1S/C19H21ClN2O2/c20-16-8-4-5-9-17(16)21-19(24)22(18(13-23)15-10-11-15)12-14-6-2-1-3-7-14/h1-9,15,18,23H,10-13H2,(H,21,24). The van der Waals surface area contributed by atoms with Gasteiger partial charge in [0.15, 0.2) is 0 Å². The fourth-order valence-electron chi connectivity index (χ4n) is 2.85. The molecular weight excluding hydrogens is 324 g/mol. The molecule has 1 saturated carbocycles. The van der Waals surface area contributed by atoms with Crippen LogP contribution in [0.2, 0.25) is 5.02 Å². The predicted octanol–water partition coefficient (Wildman–Crippen LogP) is 4.15. The molecule has 1 aliphatic carbocycles. The SMILES string of the molecule is O=C(Nc1ccccc1Cl)N(Cc1ccccc1)C(CO)C1CC1. The van der Waals surface area contributed by atoms with Crippen LogP contribution in [0.5, 0.6) is 0 Å². The van der Waals surface area contributed by atoms with E-state index in [1.165, 1.54) is 0 Å². The molecule has 0 heterocycles. The minimum Gasteiger partial charge on any atom is -0.394 e. The molecule has 0 bridgehead atoms. The van der Waals surface area contributed by atoms with E-state index in [4.69, 9.17) is 11.6 Å². The van der Waals surface area contributed by atoms with E-state index in [0.717, 1.165) is 18.4 Å². The molecule has 24 heavy (non-hydrogen) atoms. The molecule has 2 aromatic rings. The number of halogens is 1. The maximum absolute atomic E-state index is 12.8. The second-order valence-electron chi connectivity index (χ2n) is 6.11. The average molecular weight is 345 g/mol. The molecule has 2 aromatic carbocycles. The van der Waals surface area contributed by atoms with Crippen molar-refractivity contribution in [2.24, 2.45) is 5.92 Å². The topological polar surface area (TPSA) is 52.6 Å². The number of aliphatic hydroxyl groups is 1. The molecule has 126 valence electrons. The molecule has 2 amide bonds. The predicted molar refractivity (Wildman–Crippen MR) is 96.1 cm³/mol. The zero-order chi connectivity index (χ0) is 16.9. The first-order valence-electron chi connectivity index (χ1n) is 8.16. The first-order valence-corrected chi connectivity index (χ1v) is 8.53. The summed E-state index contributed by atoms with van der Waals surface area (Å²) in [5, 5.41) is 13.2. The van der Waals surface area contributed by atoms with Crippen molar-refractivity contribution in [3.05, 3.63) is 65.2 Å². The van der Waals surface area contributed by atoms with Crippen LogP contribution in [0.3, 0.4) is 0 Å². The minimum atomic E-state index is -0.238. The Kier molecular flexibility index (Phi) is 5.38. The molecule has 4 nitrogen and oxygen atoms in total. The van der Waals surface area contributed by atoms with Crippen LogP contribution >= 0.6 is 11.6 Å². The largest absolute Gasteiger partial charge is 0.394 e. The molecule has 0 spiro atoms. The second-order valence-corrected chi connectivity index (χ2v) is 6.52. The van der Waals surface area contributed by atoms with Gasteiger partial charge >= 0.3 is 6.03 Å². The molecule has 0 radical (unpaired) electrons. The van der Waals surface area contributed by atoms with E-state index in [2.05, 4.69) is 5.32 Å². The van der Waals surface area contributed by atoms with Crippen molar-refractivity contribution >= 4 is 23.3 Å². The highest BCUT2D eigenvalue weighted by Gasteiger charge is 2.37. The highest BCUT2D eigenvalue weighted by molar-refractivity contribution is 6.33. The zero-order valence-electron chi connectivity index (χ0n) is 13.4. The maximum atomic E-state index is 12.8. The zero-order valence-corrected chi connectivity index (χ0v) is 14.1. The van der Waals surface area contributed by atoms with Gasteiger partial charge in [-0.2, -0.15) is 0 Å². The number of amides is 2. The van der Waals surface area contributed by atoms with Crippen molar-refractivity contribution in [2.45, 2.75) is 25.4 Å². The van der Waals surface area contributed by atoms with Crippen LogP contribution in [0.4, 0.5) is 10.5 Å². The summed E-state index contributed by atoms with van der Waals surface area (Å²) in [7, 11) is 0. The molecule has 1 atom stereocenters. The van der Waals surface area contributed by atoms with Crippen LogP contribution in [0.25, 0.3) is 0 Å². The molecule has 2 N–H and O–H groups in total.